The van der Waals surface area contributed by atoms with E-state index in [1.807, 2.05) is 12.1 Å². The third-order valence-electron chi connectivity index (χ3n) is 3.47. The van der Waals surface area contributed by atoms with E-state index >= 15 is 0 Å². The first-order chi connectivity index (χ1) is 8.93. The van der Waals surface area contributed by atoms with Gasteiger partial charge in [0.15, 0.2) is 0 Å². The maximum absolute atomic E-state index is 3.35. The van der Waals surface area contributed by atoms with E-state index in [2.05, 4.69) is 60.7 Å². The van der Waals surface area contributed by atoms with Gasteiger partial charge < -0.3 is 0 Å². The Balaban J connectivity index is 2.31. The fourth-order valence-corrected chi connectivity index (χ4v) is 2.60. The minimum Gasteiger partial charge on any atom is -0.0616 e. The van der Waals surface area contributed by atoms with Crippen LogP contribution in [0.15, 0.2) is 60.7 Å². The first-order valence-corrected chi connectivity index (χ1v) is 6.06. The van der Waals surface area contributed by atoms with E-state index in [0.717, 1.165) is 10.8 Å². The molecule has 0 saturated heterocycles. The molecule has 0 spiro atoms. The summed E-state index contributed by atoms with van der Waals surface area (Å²) >= 11 is 0. The molecule has 0 amide bonds. The van der Waals surface area contributed by atoms with Crippen LogP contribution < -0.4 is 0 Å². The molecule has 0 atom stereocenters. The first kappa shape index (κ1) is 9.67. The van der Waals surface area contributed by atoms with E-state index in [1.165, 1.54) is 21.5 Å². The maximum Gasteiger partial charge on any atom is -0.00201 e. The molecule has 82 valence electrons. The van der Waals surface area contributed by atoms with Crippen molar-refractivity contribution in [3.8, 4) is 0 Å². The lowest BCUT2D eigenvalue weighted by Gasteiger charge is -2.06. The molecule has 4 aromatic rings. The monoisotopic (exact) mass is 226 g/mol. The number of hydrogen-bond donors (Lipinski definition) is 0. The Labute approximate surface area is 105 Å². The smallest absolute Gasteiger partial charge is 0.00201 e. The van der Waals surface area contributed by atoms with Crippen LogP contribution in [0.2, 0.25) is 0 Å². The van der Waals surface area contributed by atoms with Crippen molar-refractivity contribution in [2.45, 2.75) is 0 Å². The van der Waals surface area contributed by atoms with Gasteiger partial charge >= 0.3 is 0 Å². The Morgan fingerprint density at radius 1 is 0.667 bits per heavy atom. The van der Waals surface area contributed by atoms with Gasteiger partial charge in [-0.1, -0.05) is 54.6 Å². The summed E-state index contributed by atoms with van der Waals surface area (Å²) in [4.78, 5) is 0. The second kappa shape index (κ2) is 3.58. The summed E-state index contributed by atoms with van der Waals surface area (Å²) in [5.74, 6) is 0. The Bertz CT molecular complexity index is 797. The van der Waals surface area contributed by atoms with E-state index in [1.54, 1.807) is 0 Å². The van der Waals surface area contributed by atoms with Gasteiger partial charge in [0, 0.05) is 0 Å². The predicted octanol–water partition coefficient (Wildman–Crippen LogP) is 4.75. The molecule has 0 saturated carbocycles. The average Bonchev–Trinajstić information content (AvgIpc) is 2.46. The standard InChI is InChI=1S/C18H10/c1-3-7-15-13(5-1)9-11-18-16-8-4-2-6-14(16)10-12-17(15)18/h1-7,9,11-12H. The minimum atomic E-state index is 1.13. The van der Waals surface area contributed by atoms with Crippen molar-refractivity contribution < 1.29 is 0 Å². The number of fused-ring (bicyclic) bond motifs is 5. The first-order valence-electron chi connectivity index (χ1n) is 6.06. The molecular weight excluding hydrogens is 216 g/mol. The molecule has 0 aliphatic rings. The molecular formula is C18H10. The van der Waals surface area contributed by atoms with Crippen LogP contribution in [0.1, 0.15) is 0 Å². The number of benzene rings is 4. The van der Waals surface area contributed by atoms with Gasteiger partial charge in [-0.25, -0.2) is 0 Å². The van der Waals surface area contributed by atoms with Crippen LogP contribution in [0.3, 0.4) is 0 Å². The van der Waals surface area contributed by atoms with Gasteiger partial charge in [-0.3, -0.25) is 0 Å². The van der Waals surface area contributed by atoms with Crippen LogP contribution in [-0.2, 0) is 0 Å². The van der Waals surface area contributed by atoms with Gasteiger partial charge in [-0.05, 0) is 50.5 Å². The number of rotatable bonds is 0. The van der Waals surface area contributed by atoms with E-state index in [4.69, 9.17) is 0 Å². The largest absolute Gasteiger partial charge is 0.0616 e. The van der Waals surface area contributed by atoms with Gasteiger partial charge in [0.2, 0.25) is 0 Å². The molecule has 0 nitrogen and oxygen atoms in total. The molecule has 0 heteroatoms. The molecule has 0 unspecified atom stereocenters. The average molecular weight is 226 g/mol. The Hall–Kier alpha value is -2.34. The highest BCUT2D eigenvalue weighted by molar-refractivity contribution is 6.16. The van der Waals surface area contributed by atoms with Crippen molar-refractivity contribution in [1.82, 2.24) is 0 Å². The lowest BCUT2D eigenvalue weighted by Crippen LogP contribution is -1.80. The molecule has 4 aromatic carbocycles. The Morgan fingerprint density at radius 2 is 1.61 bits per heavy atom. The molecule has 0 aliphatic heterocycles. The van der Waals surface area contributed by atoms with Crippen LogP contribution in [0.25, 0.3) is 32.3 Å². The normalized spacial score (nSPS) is 11.3. The molecule has 0 aromatic heterocycles. The lowest BCUT2D eigenvalue weighted by atomic mass is 9.97. The number of hydrogen-bond acceptors (Lipinski definition) is 0. The molecule has 0 N–H and O–H groups in total. The Kier molecular flexibility index (Phi) is 1.92. The highest BCUT2D eigenvalue weighted by atomic mass is 14.1. The van der Waals surface area contributed by atoms with Gasteiger partial charge in [-0.15, -0.1) is 0 Å². The van der Waals surface area contributed by atoms with Crippen LogP contribution in [-0.4, -0.2) is 0 Å². The van der Waals surface area contributed by atoms with Crippen molar-refractivity contribution in [3.05, 3.63) is 72.8 Å². The van der Waals surface area contributed by atoms with E-state index in [0.29, 0.717) is 0 Å². The summed E-state index contributed by atoms with van der Waals surface area (Å²) < 4.78 is 0. The quantitative estimate of drug-likeness (QED) is 0.380. The van der Waals surface area contributed by atoms with Crippen LogP contribution in [0.5, 0.6) is 0 Å². The SMILES string of the molecule is [c]1cc2c3ccccc3ccc2c2[c]cccc12. The maximum atomic E-state index is 3.35. The molecule has 18 heavy (non-hydrogen) atoms. The summed E-state index contributed by atoms with van der Waals surface area (Å²) in [5.41, 5.74) is 0. The van der Waals surface area contributed by atoms with Crippen molar-refractivity contribution in [1.29, 1.82) is 0 Å². The highest BCUT2D eigenvalue weighted by Gasteiger charge is 2.03. The van der Waals surface area contributed by atoms with E-state index < -0.39 is 0 Å². The van der Waals surface area contributed by atoms with Gasteiger partial charge in [0.25, 0.3) is 0 Å². The zero-order valence-electron chi connectivity index (χ0n) is 9.77. The summed E-state index contributed by atoms with van der Waals surface area (Å²) in [6, 6.07) is 27.7. The van der Waals surface area contributed by atoms with Gasteiger partial charge in [-0.2, -0.15) is 0 Å². The van der Waals surface area contributed by atoms with Crippen LogP contribution in [0, 0.1) is 12.1 Å². The fourth-order valence-electron chi connectivity index (χ4n) is 2.60. The highest BCUT2D eigenvalue weighted by Crippen LogP contribution is 2.30. The minimum absolute atomic E-state index is 1.13. The van der Waals surface area contributed by atoms with Crippen molar-refractivity contribution in [3.63, 3.8) is 0 Å². The van der Waals surface area contributed by atoms with Crippen LogP contribution >= 0.6 is 0 Å². The molecule has 2 radical (unpaired) electrons. The van der Waals surface area contributed by atoms with Gasteiger partial charge in [0.1, 0.15) is 0 Å². The molecule has 0 fully saturated rings. The molecule has 0 bridgehead atoms. The summed E-state index contributed by atoms with van der Waals surface area (Å²) in [6.45, 7) is 0. The fraction of sp³-hybridized carbons (Fsp3) is 0. The molecule has 0 aliphatic carbocycles. The third kappa shape index (κ3) is 1.26. The van der Waals surface area contributed by atoms with E-state index in [9.17, 15) is 0 Å². The lowest BCUT2D eigenvalue weighted by molar-refractivity contribution is 1.76. The van der Waals surface area contributed by atoms with Crippen molar-refractivity contribution in [2.24, 2.45) is 0 Å². The zero-order valence-corrected chi connectivity index (χ0v) is 9.77. The van der Waals surface area contributed by atoms with E-state index in [-0.39, 0.29) is 0 Å². The van der Waals surface area contributed by atoms with Crippen molar-refractivity contribution in [2.75, 3.05) is 0 Å². The predicted molar refractivity (Wildman–Crippen MR) is 76.6 cm³/mol. The van der Waals surface area contributed by atoms with Crippen LogP contribution in [0.4, 0.5) is 0 Å². The Morgan fingerprint density at radius 3 is 2.61 bits per heavy atom. The van der Waals surface area contributed by atoms with Crippen molar-refractivity contribution >= 4 is 32.3 Å². The summed E-state index contributed by atoms with van der Waals surface area (Å²) in [5, 5.41) is 7.34. The molecule has 0 heterocycles. The zero-order chi connectivity index (χ0) is 11.9. The topological polar surface area (TPSA) is 0 Å². The summed E-state index contributed by atoms with van der Waals surface area (Å²) in [7, 11) is 0. The second-order valence-electron chi connectivity index (χ2n) is 4.50. The van der Waals surface area contributed by atoms with Gasteiger partial charge in [0.05, 0.1) is 0 Å². The summed E-state index contributed by atoms with van der Waals surface area (Å²) in [6.07, 6.45) is 0. The third-order valence-corrected chi connectivity index (χ3v) is 3.47. The molecule has 4 rings (SSSR count). The second-order valence-corrected chi connectivity index (χ2v) is 4.50.